The van der Waals surface area contributed by atoms with Gasteiger partial charge in [-0.25, -0.2) is 4.98 Å². The van der Waals surface area contributed by atoms with Gasteiger partial charge in [-0.15, -0.1) is 0 Å². The third-order valence-corrected chi connectivity index (χ3v) is 8.94. The first kappa shape index (κ1) is 27.3. The molecule has 0 saturated carbocycles. The number of alkyl halides is 2. The van der Waals surface area contributed by atoms with Crippen LogP contribution in [-0.2, 0) is 22.4 Å². The zero-order chi connectivity index (χ0) is 28.9. The monoisotopic (exact) mass is 560 g/mol. The van der Waals surface area contributed by atoms with E-state index in [1.54, 1.807) is 4.90 Å². The number of aryl methyl sites for hydroxylation is 1. The zero-order valence-electron chi connectivity index (χ0n) is 23.6. The maximum absolute atomic E-state index is 12.5. The minimum atomic E-state index is -2.86. The van der Waals surface area contributed by atoms with Crippen LogP contribution in [0.1, 0.15) is 49.1 Å². The Bertz CT molecular complexity index is 1580. The standard InChI is InChI=1S/C31H34F2N6O2/c1-19-6-7-23-22(15-35-37-23)26(19)27-20-8-9-30(2,3)13-24(20)36-28(21(27)14-34)38-11-10-31(16-38)17-39(18-31)25(40)5-4-12-41-29(32)33/h4-7,15,29H,8-13,16-18H2,1-3H3,(H,35,37)/b5-4+. The summed E-state index contributed by atoms with van der Waals surface area (Å²) in [7, 11) is 0. The molecule has 41 heavy (non-hydrogen) atoms. The molecule has 1 amide bonds. The summed E-state index contributed by atoms with van der Waals surface area (Å²) >= 11 is 0. The number of aromatic nitrogens is 3. The van der Waals surface area contributed by atoms with Gasteiger partial charge in [-0.05, 0) is 60.8 Å². The van der Waals surface area contributed by atoms with Gasteiger partial charge in [0.2, 0.25) is 5.91 Å². The molecule has 10 heteroatoms. The number of hydrogen-bond donors (Lipinski definition) is 1. The molecule has 1 aromatic carbocycles. The SMILES string of the molecule is Cc1ccc2[nH]ncc2c1-c1c(C#N)c(N2CCC3(CN(C(=O)/C=C/COC(F)F)C3)C2)nc2c1CCC(C)(C)C2. The van der Waals surface area contributed by atoms with Crippen LogP contribution >= 0.6 is 0 Å². The lowest BCUT2D eigenvalue weighted by molar-refractivity contribution is -0.137. The number of likely N-dealkylation sites (tertiary alicyclic amines) is 1. The highest BCUT2D eigenvalue weighted by Crippen LogP contribution is 2.47. The van der Waals surface area contributed by atoms with Crippen LogP contribution in [0, 0.1) is 29.1 Å². The van der Waals surface area contributed by atoms with Crippen LogP contribution in [0.3, 0.4) is 0 Å². The van der Waals surface area contributed by atoms with E-state index in [9.17, 15) is 18.8 Å². The second-order valence-electron chi connectivity index (χ2n) is 12.5. The van der Waals surface area contributed by atoms with Gasteiger partial charge in [0.1, 0.15) is 17.5 Å². The molecule has 6 rings (SSSR count). The van der Waals surface area contributed by atoms with Crippen molar-refractivity contribution in [2.75, 3.05) is 37.7 Å². The van der Waals surface area contributed by atoms with Crippen LogP contribution in [0.15, 0.2) is 30.5 Å². The Morgan fingerprint density at radius 2 is 2.05 bits per heavy atom. The number of nitriles is 1. The summed E-state index contributed by atoms with van der Waals surface area (Å²) in [5.41, 5.74) is 6.93. The van der Waals surface area contributed by atoms with E-state index in [-0.39, 0.29) is 23.3 Å². The van der Waals surface area contributed by atoms with Crippen LogP contribution in [0.4, 0.5) is 14.6 Å². The maximum Gasteiger partial charge on any atom is 0.345 e. The molecule has 3 aliphatic rings. The Morgan fingerprint density at radius 3 is 2.80 bits per heavy atom. The fourth-order valence-electron chi connectivity index (χ4n) is 6.82. The van der Waals surface area contributed by atoms with Crippen LogP contribution in [0.25, 0.3) is 22.0 Å². The van der Waals surface area contributed by atoms with Gasteiger partial charge < -0.3 is 14.5 Å². The predicted molar refractivity (Wildman–Crippen MR) is 152 cm³/mol. The van der Waals surface area contributed by atoms with E-state index in [1.165, 1.54) is 17.7 Å². The molecule has 3 aromatic rings. The van der Waals surface area contributed by atoms with Crippen molar-refractivity contribution in [3.63, 3.8) is 0 Å². The third-order valence-electron chi connectivity index (χ3n) is 8.94. The summed E-state index contributed by atoms with van der Waals surface area (Å²) < 4.78 is 28.5. The molecule has 8 nitrogen and oxygen atoms in total. The fourth-order valence-corrected chi connectivity index (χ4v) is 6.82. The molecule has 214 valence electrons. The molecule has 0 bridgehead atoms. The Labute approximate surface area is 238 Å². The highest BCUT2D eigenvalue weighted by atomic mass is 19.3. The van der Waals surface area contributed by atoms with Crippen LogP contribution in [-0.4, -0.2) is 65.4 Å². The highest BCUT2D eigenvalue weighted by Gasteiger charge is 2.49. The molecule has 1 spiro atoms. The predicted octanol–water partition coefficient (Wildman–Crippen LogP) is 5.15. The van der Waals surface area contributed by atoms with Crippen molar-refractivity contribution in [3.05, 3.63) is 52.9 Å². The van der Waals surface area contributed by atoms with E-state index >= 15 is 0 Å². The van der Waals surface area contributed by atoms with Crippen molar-refractivity contribution in [3.8, 4) is 17.2 Å². The first-order chi connectivity index (χ1) is 19.6. The van der Waals surface area contributed by atoms with E-state index < -0.39 is 6.61 Å². The molecular formula is C31H34F2N6O2. The lowest BCUT2D eigenvalue weighted by atomic mass is 9.73. The van der Waals surface area contributed by atoms with Crippen molar-refractivity contribution in [2.45, 2.75) is 53.1 Å². The average molecular weight is 561 g/mol. The molecular weight excluding hydrogens is 526 g/mol. The van der Waals surface area contributed by atoms with E-state index in [2.05, 4.69) is 52.7 Å². The van der Waals surface area contributed by atoms with Crippen molar-refractivity contribution in [1.29, 1.82) is 5.26 Å². The Kier molecular flexibility index (Phi) is 6.81. The van der Waals surface area contributed by atoms with Gasteiger partial charge in [0.25, 0.3) is 0 Å². The normalized spacial score (nSPS) is 19.2. The first-order valence-corrected chi connectivity index (χ1v) is 14.1. The van der Waals surface area contributed by atoms with Crippen LogP contribution < -0.4 is 4.90 Å². The van der Waals surface area contributed by atoms with Crippen molar-refractivity contribution < 1.29 is 18.3 Å². The number of amides is 1. The second kappa shape index (κ2) is 10.2. The van der Waals surface area contributed by atoms with Crippen LogP contribution in [0.5, 0.6) is 0 Å². The number of rotatable bonds is 6. The molecule has 2 fully saturated rings. The minimum Gasteiger partial charge on any atom is -0.355 e. The number of carbonyl (C=O) groups excluding carboxylic acids is 1. The number of hydrogen-bond acceptors (Lipinski definition) is 6. The molecule has 2 aliphatic heterocycles. The highest BCUT2D eigenvalue weighted by molar-refractivity contribution is 5.99. The number of benzene rings is 1. The van der Waals surface area contributed by atoms with E-state index in [4.69, 9.17) is 4.98 Å². The second-order valence-corrected chi connectivity index (χ2v) is 12.5. The average Bonchev–Trinajstić information content (AvgIpc) is 3.56. The Morgan fingerprint density at radius 1 is 1.24 bits per heavy atom. The molecule has 1 N–H and O–H groups in total. The minimum absolute atomic E-state index is 0.0762. The van der Waals surface area contributed by atoms with E-state index in [1.807, 2.05) is 12.3 Å². The number of H-pyrrole nitrogens is 1. The van der Waals surface area contributed by atoms with Crippen molar-refractivity contribution in [1.82, 2.24) is 20.1 Å². The molecule has 2 aromatic heterocycles. The number of carbonyl (C=O) groups is 1. The van der Waals surface area contributed by atoms with Crippen LogP contribution in [0.2, 0.25) is 0 Å². The summed E-state index contributed by atoms with van der Waals surface area (Å²) in [4.78, 5) is 21.7. The number of aromatic amines is 1. The van der Waals surface area contributed by atoms with Gasteiger partial charge >= 0.3 is 6.61 Å². The van der Waals surface area contributed by atoms with Crippen molar-refractivity contribution in [2.24, 2.45) is 10.8 Å². The van der Waals surface area contributed by atoms with Gasteiger partial charge in [0, 0.05) is 54.3 Å². The number of nitrogens with zero attached hydrogens (tertiary/aromatic N) is 5. The summed E-state index contributed by atoms with van der Waals surface area (Å²) in [6.45, 7) is 6.09. The van der Waals surface area contributed by atoms with Gasteiger partial charge in [0.15, 0.2) is 0 Å². The van der Waals surface area contributed by atoms with Crippen molar-refractivity contribution >= 4 is 22.6 Å². The molecule has 0 atom stereocenters. The maximum atomic E-state index is 12.5. The number of pyridine rings is 1. The van der Waals surface area contributed by atoms with Gasteiger partial charge in [-0.2, -0.15) is 19.1 Å². The quantitative estimate of drug-likeness (QED) is 0.419. The summed E-state index contributed by atoms with van der Waals surface area (Å²) in [5, 5.41) is 19.0. The molecule has 0 radical (unpaired) electrons. The lowest BCUT2D eigenvalue weighted by Crippen LogP contribution is -2.59. The number of nitrogens with one attached hydrogen (secondary N) is 1. The Balaban J connectivity index is 1.33. The molecule has 2 saturated heterocycles. The summed E-state index contributed by atoms with van der Waals surface area (Å²) in [6, 6.07) is 6.65. The van der Waals surface area contributed by atoms with Gasteiger partial charge in [0.05, 0.1) is 18.3 Å². The van der Waals surface area contributed by atoms with Gasteiger partial charge in [-0.1, -0.05) is 26.0 Å². The van der Waals surface area contributed by atoms with Gasteiger partial charge in [-0.3, -0.25) is 9.89 Å². The molecule has 4 heterocycles. The Hall–Kier alpha value is -3.84. The third kappa shape index (κ3) is 4.97. The molecule has 1 aliphatic carbocycles. The van der Waals surface area contributed by atoms with E-state index in [0.29, 0.717) is 25.2 Å². The number of halogens is 2. The first-order valence-electron chi connectivity index (χ1n) is 14.1. The zero-order valence-corrected chi connectivity index (χ0v) is 23.6. The summed E-state index contributed by atoms with van der Waals surface area (Å²) in [5.74, 6) is 0.523. The smallest absolute Gasteiger partial charge is 0.345 e. The summed E-state index contributed by atoms with van der Waals surface area (Å²) in [6.07, 6.45) is 8.09. The molecule has 0 unspecified atom stereocenters. The largest absolute Gasteiger partial charge is 0.355 e. The van der Waals surface area contributed by atoms with E-state index in [0.717, 1.165) is 71.3 Å². The topological polar surface area (TPSA) is 98.1 Å². The number of anilines is 1. The number of ether oxygens (including phenoxy) is 1. The lowest BCUT2D eigenvalue weighted by Gasteiger charge is -2.47. The fraction of sp³-hybridized carbons (Fsp3) is 0.484. The number of fused-ring (bicyclic) bond motifs is 2.